The van der Waals surface area contributed by atoms with Crippen LogP contribution in [0.2, 0.25) is 0 Å². The van der Waals surface area contributed by atoms with Crippen LogP contribution in [-0.2, 0) is 4.79 Å². The lowest BCUT2D eigenvalue weighted by Crippen LogP contribution is -2.51. The van der Waals surface area contributed by atoms with Crippen molar-refractivity contribution in [1.82, 2.24) is 15.1 Å². The molecule has 158 valence electrons. The van der Waals surface area contributed by atoms with Crippen LogP contribution >= 0.6 is 0 Å². The van der Waals surface area contributed by atoms with Crippen molar-refractivity contribution in [3.05, 3.63) is 71.3 Å². The van der Waals surface area contributed by atoms with E-state index in [1.165, 1.54) is 0 Å². The lowest BCUT2D eigenvalue weighted by Gasteiger charge is -2.34. The highest BCUT2D eigenvalue weighted by molar-refractivity contribution is 6.15. The van der Waals surface area contributed by atoms with Gasteiger partial charge in [-0.2, -0.15) is 0 Å². The smallest absolute Gasteiger partial charge is 0.254 e. The summed E-state index contributed by atoms with van der Waals surface area (Å²) in [7, 11) is 0. The molecule has 2 aromatic rings. The number of carbonyl (C=O) groups is 3. The van der Waals surface area contributed by atoms with E-state index in [0.29, 0.717) is 56.0 Å². The standard InChI is InChI=1S/C24H29N3O3/c1-2-3-13-25-22(28)18-26-14-16-27(17-15-26)24(30)21-12-8-7-11-20(21)23(29)19-9-5-4-6-10-19/h4-12H,2-3,13-18H2,1H3,(H,25,28). The topological polar surface area (TPSA) is 69.7 Å². The van der Waals surface area contributed by atoms with Gasteiger partial charge in [-0.15, -0.1) is 0 Å². The van der Waals surface area contributed by atoms with E-state index in [2.05, 4.69) is 17.1 Å². The first-order valence-corrected chi connectivity index (χ1v) is 10.6. The molecule has 6 heteroatoms. The Bertz CT molecular complexity index is 874. The minimum absolute atomic E-state index is 0.0297. The quantitative estimate of drug-likeness (QED) is 0.539. The fourth-order valence-corrected chi connectivity index (χ4v) is 3.56. The summed E-state index contributed by atoms with van der Waals surface area (Å²) in [6.45, 7) is 5.51. The van der Waals surface area contributed by atoms with Crippen LogP contribution in [0.3, 0.4) is 0 Å². The van der Waals surface area contributed by atoms with E-state index in [-0.39, 0.29) is 17.6 Å². The minimum atomic E-state index is -0.151. The number of rotatable bonds is 8. The molecule has 0 atom stereocenters. The Morgan fingerprint density at radius 3 is 2.17 bits per heavy atom. The Balaban J connectivity index is 1.61. The number of hydrogen-bond acceptors (Lipinski definition) is 4. The lowest BCUT2D eigenvalue weighted by atomic mass is 9.97. The largest absolute Gasteiger partial charge is 0.355 e. The van der Waals surface area contributed by atoms with Gasteiger partial charge >= 0.3 is 0 Å². The second-order valence-corrected chi connectivity index (χ2v) is 7.51. The normalized spacial score (nSPS) is 14.4. The van der Waals surface area contributed by atoms with Crippen LogP contribution in [0.1, 0.15) is 46.0 Å². The Labute approximate surface area is 177 Å². The number of ketones is 1. The third kappa shape index (κ3) is 5.54. The van der Waals surface area contributed by atoms with Crippen LogP contribution in [0, 0.1) is 0 Å². The Hall–Kier alpha value is -2.99. The molecule has 6 nitrogen and oxygen atoms in total. The molecule has 0 spiro atoms. The van der Waals surface area contributed by atoms with E-state index in [9.17, 15) is 14.4 Å². The first-order chi connectivity index (χ1) is 14.6. The maximum absolute atomic E-state index is 13.1. The summed E-state index contributed by atoms with van der Waals surface area (Å²) >= 11 is 0. The second-order valence-electron chi connectivity index (χ2n) is 7.51. The van der Waals surface area contributed by atoms with Gasteiger partial charge in [0, 0.05) is 43.9 Å². The van der Waals surface area contributed by atoms with Crippen LogP contribution in [0.15, 0.2) is 54.6 Å². The summed E-state index contributed by atoms with van der Waals surface area (Å²) in [5, 5.41) is 2.93. The van der Waals surface area contributed by atoms with Crippen molar-refractivity contribution in [3.8, 4) is 0 Å². The number of carbonyl (C=O) groups excluding carboxylic acids is 3. The Kier molecular flexibility index (Phi) is 7.74. The van der Waals surface area contributed by atoms with E-state index in [1.807, 2.05) is 18.2 Å². The zero-order valence-electron chi connectivity index (χ0n) is 17.5. The van der Waals surface area contributed by atoms with Crippen molar-refractivity contribution >= 4 is 17.6 Å². The molecule has 0 saturated carbocycles. The molecule has 30 heavy (non-hydrogen) atoms. The molecular formula is C24H29N3O3. The van der Waals surface area contributed by atoms with E-state index in [4.69, 9.17) is 0 Å². The molecule has 1 saturated heterocycles. The van der Waals surface area contributed by atoms with Crippen molar-refractivity contribution < 1.29 is 14.4 Å². The fraction of sp³-hybridized carbons (Fsp3) is 0.375. The summed E-state index contributed by atoms with van der Waals surface area (Å²) in [6.07, 6.45) is 2.03. The van der Waals surface area contributed by atoms with Crippen molar-refractivity contribution in [1.29, 1.82) is 0 Å². The molecular weight excluding hydrogens is 378 g/mol. The average Bonchev–Trinajstić information content (AvgIpc) is 2.79. The number of nitrogens with zero attached hydrogens (tertiary/aromatic N) is 2. The predicted molar refractivity (Wildman–Crippen MR) is 117 cm³/mol. The number of hydrogen-bond donors (Lipinski definition) is 1. The maximum atomic E-state index is 13.1. The van der Waals surface area contributed by atoms with Crippen LogP contribution in [0.4, 0.5) is 0 Å². The minimum Gasteiger partial charge on any atom is -0.355 e. The number of unbranched alkanes of at least 4 members (excludes halogenated alkanes) is 1. The van der Waals surface area contributed by atoms with Crippen molar-refractivity contribution in [2.75, 3.05) is 39.3 Å². The third-order valence-electron chi connectivity index (χ3n) is 5.32. The zero-order chi connectivity index (χ0) is 21.3. The van der Waals surface area contributed by atoms with E-state index < -0.39 is 0 Å². The van der Waals surface area contributed by atoms with Crippen LogP contribution in [-0.4, -0.2) is 66.7 Å². The highest BCUT2D eigenvalue weighted by Crippen LogP contribution is 2.17. The van der Waals surface area contributed by atoms with E-state index >= 15 is 0 Å². The highest BCUT2D eigenvalue weighted by Gasteiger charge is 2.26. The SMILES string of the molecule is CCCCNC(=O)CN1CCN(C(=O)c2ccccc2C(=O)c2ccccc2)CC1. The maximum Gasteiger partial charge on any atom is 0.254 e. The molecule has 0 unspecified atom stereocenters. The van der Waals surface area contributed by atoms with Crippen LogP contribution in [0.25, 0.3) is 0 Å². The molecule has 3 rings (SSSR count). The lowest BCUT2D eigenvalue weighted by molar-refractivity contribution is -0.122. The molecule has 0 bridgehead atoms. The van der Waals surface area contributed by atoms with Crippen molar-refractivity contribution in [2.45, 2.75) is 19.8 Å². The first kappa shape index (κ1) is 21.7. The van der Waals surface area contributed by atoms with Gasteiger partial charge < -0.3 is 10.2 Å². The molecule has 2 amide bonds. The van der Waals surface area contributed by atoms with Gasteiger partial charge in [-0.05, 0) is 12.5 Å². The molecule has 0 aliphatic carbocycles. The molecule has 0 aromatic heterocycles. The average molecular weight is 408 g/mol. The van der Waals surface area contributed by atoms with E-state index in [1.54, 1.807) is 41.3 Å². The Morgan fingerprint density at radius 2 is 1.50 bits per heavy atom. The molecule has 1 fully saturated rings. The van der Waals surface area contributed by atoms with Gasteiger partial charge in [0.2, 0.25) is 5.91 Å². The third-order valence-corrected chi connectivity index (χ3v) is 5.32. The number of amides is 2. The van der Waals surface area contributed by atoms with Gasteiger partial charge in [0.25, 0.3) is 5.91 Å². The van der Waals surface area contributed by atoms with Crippen LogP contribution < -0.4 is 5.32 Å². The van der Waals surface area contributed by atoms with Gasteiger partial charge in [0.1, 0.15) is 0 Å². The van der Waals surface area contributed by atoms with Gasteiger partial charge in [-0.3, -0.25) is 19.3 Å². The number of nitrogens with one attached hydrogen (secondary N) is 1. The summed E-state index contributed by atoms with van der Waals surface area (Å²) in [5.41, 5.74) is 1.42. The molecule has 1 N–H and O–H groups in total. The number of piperazine rings is 1. The number of benzene rings is 2. The van der Waals surface area contributed by atoms with Crippen LogP contribution in [0.5, 0.6) is 0 Å². The molecule has 1 heterocycles. The van der Waals surface area contributed by atoms with Gasteiger partial charge in [-0.1, -0.05) is 61.9 Å². The second kappa shape index (κ2) is 10.7. The molecule has 2 aromatic carbocycles. The first-order valence-electron chi connectivity index (χ1n) is 10.6. The van der Waals surface area contributed by atoms with Crippen molar-refractivity contribution in [2.24, 2.45) is 0 Å². The van der Waals surface area contributed by atoms with Crippen molar-refractivity contribution in [3.63, 3.8) is 0 Å². The van der Waals surface area contributed by atoms with Gasteiger partial charge in [-0.25, -0.2) is 0 Å². The molecule has 1 aliphatic rings. The summed E-state index contributed by atoms with van der Waals surface area (Å²) < 4.78 is 0. The summed E-state index contributed by atoms with van der Waals surface area (Å²) in [4.78, 5) is 41.9. The fourth-order valence-electron chi connectivity index (χ4n) is 3.56. The Morgan fingerprint density at radius 1 is 0.867 bits per heavy atom. The van der Waals surface area contributed by atoms with Gasteiger partial charge in [0.15, 0.2) is 5.78 Å². The molecule has 0 radical (unpaired) electrons. The highest BCUT2D eigenvalue weighted by atomic mass is 16.2. The summed E-state index contributed by atoms with van der Waals surface area (Å²) in [5.74, 6) is -0.258. The van der Waals surface area contributed by atoms with E-state index in [0.717, 1.165) is 12.8 Å². The monoisotopic (exact) mass is 407 g/mol. The molecule has 1 aliphatic heterocycles. The predicted octanol–water partition coefficient (Wildman–Crippen LogP) is 2.59. The summed E-state index contributed by atoms with van der Waals surface area (Å²) in [6, 6.07) is 16.0. The van der Waals surface area contributed by atoms with Gasteiger partial charge in [0.05, 0.1) is 12.1 Å². The zero-order valence-corrected chi connectivity index (χ0v) is 17.5.